The van der Waals surface area contributed by atoms with Crippen molar-refractivity contribution in [2.75, 3.05) is 19.0 Å². The zero-order valence-electron chi connectivity index (χ0n) is 10.8. The molecule has 0 bridgehead atoms. The van der Waals surface area contributed by atoms with Crippen LogP contribution in [-0.2, 0) is 10.0 Å². The molecule has 0 radical (unpaired) electrons. The van der Waals surface area contributed by atoms with E-state index in [0.717, 1.165) is 25.7 Å². The van der Waals surface area contributed by atoms with E-state index in [9.17, 15) is 12.8 Å². The third kappa shape index (κ3) is 4.64. The summed E-state index contributed by atoms with van der Waals surface area (Å²) in [5.74, 6) is 0.0826. The van der Waals surface area contributed by atoms with Crippen LogP contribution in [0.15, 0.2) is 0 Å². The summed E-state index contributed by atoms with van der Waals surface area (Å²) in [4.78, 5) is 0. The van der Waals surface area contributed by atoms with Crippen molar-refractivity contribution < 1.29 is 12.8 Å². The number of alkyl halides is 1. The molecule has 2 atom stereocenters. The molecule has 0 amide bonds. The predicted octanol–water partition coefficient (Wildman–Crippen LogP) is 1.59. The maximum Gasteiger partial charge on any atom is 0.212 e. The van der Waals surface area contributed by atoms with Crippen molar-refractivity contribution in [3.8, 4) is 0 Å². The van der Waals surface area contributed by atoms with Gasteiger partial charge in [-0.1, -0.05) is 19.8 Å². The summed E-state index contributed by atoms with van der Waals surface area (Å²) in [7, 11) is -3.42. The third-order valence-corrected chi connectivity index (χ3v) is 5.27. The van der Waals surface area contributed by atoms with Gasteiger partial charge < -0.3 is 5.73 Å². The van der Waals surface area contributed by atoms with Gasteiger partial charge >= 0.3 is 0 Å². The van der Waals surface area contributed by atoms with E-state index in [4.69, 9.17) is 5.73 Å². The number of sulfonamides is 1. The number of halogens is 2. The minimum Gasteiger partial charge on any atom is -0.329 e. The van der Waals surface area contributed by atoms with E-state index < -0.39 is 22.2 Å². The van der Waals surface area contributed by atoms with Crippen molar-refractivity contribution in [3.63, 3.8) is 0 Å². The standard InChI is InChI=1S/C11H23FN2O2S.ClH/c1-10-5-2-3-6-11(10,9-13)14-17(15,16)8-4-7-12;/h10,14H,2-9,13H2,1H3;1H. The van der Waals surface area contributed by atoms with Crippen molar-refractivity contribution in [2.24, 2.45) is 11.7 Å². The van der Waals surface area contributed by atoms with E-state index >= 15 is 0 Å². The fraction of sp³-hybridized carbons (Fsp3) is 1.00. The van der Waals surface area contributed by atoms with Gasteiger partial charge in [-0.15, -0.1) is 12.4 Å². The molecule has 1 fully saturated rings. The van der Waals surface area contributed by atoms with Crippen LogP contribution in [0.1, 0.15) is 39.0 Å². The van der Waals surface area contributed by atoms with E-state index in [1.165, 1.54) is 0 Å². The Labute approximate surface area is 115 Å². The first-order valence-electron chi connectivity index (χ1n) is 6.23. The molecular weight excluding hydrogens is 279 g/mol. The van der Waals surface area contributed by atoms with Crippen molar-refractivity contribution in [3.05, 3.63) is 0 Å². The van der Waals surface area contributed by atoms with Gasteiger partial charge in [0.25, 0.3) is 0 Å². The first-order valence-corrected chi connectivity index (χ1v) is 7.89. The summed E-state index contributed by atoms with van der Waals surface area (Å²) >= 11 is 0. The van der Waals surface area contributed by atoms with Crippen molar-refractivity contribution in [1.82, 2.24) is 4.72 Å². The Morgan fingerprint density at radius 3 is 2.61 bits per heavy atom. The van der Waals surface area contributed by atoms with Gasteiger partial charge in [-0.3, -0.25) is 4.39 Å². The number of rotatable bonds is 6. The van der Waals surface area contributed by atoms with E-state index in [0.29, 0.717) is 6.54 Å². The minimum atomic E-state index is -3.42. The normalized spacial score (nSPS) is 28.7. The Bertz CT molecular complexity index is 340. The third-order valence-electron chi connectivity index (χ3n) is 3.72. The summed E-state index contributed by atoms with van der Waals surface area (Å²) in [5, 5.41) is 0. The largest absolute Gasteiger partial charge is 0.329 e. The lowest BCUT2D eigenvalue weighted by Crippen LogP contribution is -2.59. The molecule has 7 heteroatoms. The molecule has 0 heterocycles. The van der Waals surface area contributed by atoms with Crippen LogP contribution in [0.25, 0.3) is 0 Å². The zero-order chi connectivity index (χ0) is 12.9. The second-order valence-corrected chi connectivity index (χ2v) is 6.81. The number of nitrogens with one attached hydrogen (secondary N) is 1. The van der Waals surface area contributed by atoms with Gasteiger partial charge in [-0.2, -0.15) is 0 Å². The molecule has 110 valence electrons. The van der Waals surface area contributed by atoms with Crippen LogP contribution < -0.4 is 10.5 Å². The minimum absolute atomic E-state index is 0. The van der Waals surface area contributed by atoms with Gasteiger partial charge in [0.2, 0.25) is 10.0 Å². The van der Waals surface area contributed by atoms with Crippen LogP contribution in [0.2, 0.25) is 0 Å². The molecule has 0 saturated heterocycles. The van der Waals surface area contributed by atoms with Crippen LogP contribution in [0.5, 0.6) is 0 Å². The average molecular weight is 303 g/mol. The van der Waals surface area contributed by atoms with Gasteiger partial charge in [0.1, 0.15) is 0 Å². The van der Waals surface area contributed by atoms with E-state index in [-0.39, 0.29) is 30.5 Å². The molecular formula is C11H24ClFN2O2S. The molecule has 18 heavy (non-hydrogen) atoms. The Morgan fingerprint density at radius 1 is 1.44 bits per heavy atom. The molecule has 0 spiro atoms. The maximum absolute atomic E-state index is 12.0. The summed E-state index contributed by atoms with van der Waals surface area (Å²) in [5.41, 5.74) is 5.24. The van der Waals surface area contributed by atoms with Gasteiger partial charge in [-0.25, -0.2) is 13.1 Å². The lowest BCUT2D eigenvalue weighted by molar-refractivity contribution is 0.191. The quantitative estimate of drug-likeness (QED) is 0.783. The number of nitrogens with two attached hydrogens (primary N) is 1. The Morgan fingerprint density at radius 2 is 2.11 bits per heavy atom. The second kappa shape index (κ2) is 7.62. The molecule has 1 aliphatic rings. The SMILES string of the molecule is CC1CCCCC1(CN)NS(=O)(=O)CCCF.Cl. The fourth-order valence-electron chi connectivity index (χ4n) is 2.52. The average Bonchev–Trinajstić information content (AvgIpc) is 2.29. The Kier molecular flexibility index (Phi) is 7.66. The topological polar surface area (TPSA) is 72.2 Å². The van der Waals surface area contributed by atoms with Crippen molar-refractivity contribution in [2.45, 2.75) is 44.6 Å². The highest BCUT2D eigenvalue weighted by atomic mass is 35.5. The summed E-state index contributed by atoms with van der Waals surface area (Å²) < 4.78 is 38.4. The molecule has 3 N–H and O–H groups in total. The lowest BCUT2D eigenvalue weighted by Gasteiger charge is -2.42. The summed E-state index contributed by atoms with van der Waals surface area (Å²) in [6, 6.07) is 0. The molecule has 0 aromatic carbocycles. The molecule has 1 aliphatic carbocycles. The highest BCUT2D eigenvalue weighted by Gasteiger charge is 2.39. The smallest absolute Gasteiger partial charge is 0.212 e. The Balaban J connectivity index is 0.00000289. The molecule has 1 rings (SSSR count). The highest BCUT2D eigenvalue weighted by molar-refractivity contribution is 7.89. The molecule has 0 aliphatic heterocycles. The van der Waals surface area contributed by atoms with Crippen LogP contribution in [-0.4, -0.2) is 32.9 Å². The molecule has 1 saturated carbocycles. The zero-order valence-corrected chi connectivity index (χ0v) is 12.5. The molecule has 4 nitrogen and oxygen atoms in total. The molecule has 0 aromatic rings. The molecule has 2 unspecified atom stereocenters. The fourth-order valence-corrected chi connectivity index (χ4v) is 4.11. The van der Waals surface area contributed by atoms with E-state index in [1.54, 1.807) is 0 Å². The van der Waals surface area contributed by atoms with Crippen LogP contribution in [0.4, 0.5) is 4.39 Å². The number of hydrogen-bond donors (Lipinski definition) is 2. The summed E-state index contributed by atoms with van der Waals surface area (Å²) in [6.45, 7) is 1.73. The van der Waals surface area contributed by atoms with Crippen LogP contribution in [0.3, 0.4) is 0 Å². The van der Waals surface area contributed by atoms with E-state index in [2.05, 4.69) is 4.72 Å². The highest BCUT2D eigenvalue weighted by Crippen LogP contribution is 2.33. The van der Waals surface area contributed by atoms with Gasteiger partial charge in [-0.05, 0) is 25.2 Å². The van der Waals surface area contributed by atoms with Crippen molar-refractivity contribution >= 4 is 22.4 Å². The second-order valence-electron chi connectivity index (χ2n) is 4.97. The monoisotopic (exact) mass is 302 g/mol. The predicted molar refractivity (Wildman–Crippen MR) is 74.2 cm³/mol. The maximum atomic E-state index is 12.0. The summed E-state index contributed by atoms with van der Waals surface area (Å²) in [6.07, 6.45) is 3.93. The van der Waals surface area contributed by atoms with Crippen LogP contribution in [0, 0.1) is 5.92 Å². The Hall–Kier alpha value is 0.0900. The first kappa shape index (κ1) is 18.1. The number of hydrogen-bond acceptors (Lipinski definition) is 3. The van der Waals surface area contributed by atoms with Crippen LogP contribution >= 0.6 is 12.4 Å². The lowest BCUT2D eigenvalue weighted by atomic mass is 9.74. The van der Waals surface area contributed by atoms with Gasteiger partial charge in [0.15, 0.2) is 0 Å². The van der Waals surface area contributed by atoms with E-state index in [1.807, 2.05) is 6.92 Å². The van der Waals surface area contributed by atoms with Gasteiger partial charge in [0, 0.05) is 12.1 Å². The first-order chi connectivity index (χ1) is 7.96. The molecule has 0 aromatic heterocycles. The van der Waals surface area contributed by atoms with Gasteiger partial charge in [0.05, 0.1) is 12.4 Å². The van der Waals surface area contributed by atoms with Crippen molar-refractivity contribution in [1.29, 1.82) is 0 Å².